The summed E-state index contributed by atoms with van der Waals surface area (Å²) in [5.41, 5.74) is 3.03. The molecule has 88 valence electrons. The number of rotatable bonds is 4. The maximum atomic E-state index is 11.8. The Kier molecular flexibility index (Phi) is 2.74. The maximum absolute atomic E-state index is 11.8. The predicted molar refractivity (Wildman–Crippen MR) is 65.8 cm³/mol. The second kappa shape index (κ2) is 4.38. The molecule has 2 aromatic heterocycles. The van der Waals surface area contributed by atoms with Crippen molar-refractivity contribution in [2.24, 2.45) is 0 Å². The highest BCUT2D eigenvalue weighted by Gasteiger charge is 2.20. The van der Waals surface area contributed by atoms with Crippen molar-refractivity contribution in [1.29, 1.82) is 0 Å². The molecule has 1 fully saturated rings. The summed E-state index contributed by atoms with van der Waals surface area (Å²) in [5.74, 6) is 0.534. The molecule has 5 nitrogen and oxygen atoms in total. The summed E-state index contributed by atoms with van der Waals surface area (Å²) >= 11 is 1.48. The number of nitrogens with one attached hydrogen (secondary N) is 2. The van der Waals surface area contributed by atoms with Crippen LogP contribution in [-0.2, 0) is 6.54 Å². The van der Waals surface area contributed by atoms with Crippen molar-refractivity contribution in [3.63, 3.8) is 0 Å². The summed E-state index contributed by atoms with van der Waals surface area (Å²) in [5, 5.41) is 5.16. The largest absolute Gasteiger partial charge is 0.310 e. The maximum Gasteiger partial charge on any atom is 0.255 e. The number of aromatic amines is 1. The van der Waals surface area contributed by atoms with E-state index in [0.29, 0.717) is 29.7 Å². The number of aromatic nitrogens is 3. The highest BCUT2D eigenvalue weighted by molar-refractivity contribution is 7.07. The molecule has 0 saturated heterocycles. The van der Waals surface area contributed by atoms with E-state index in [-0.39, 0.29) is 5.56 Å². The van der Waals surface area contributed by atoms with Crippen molar-refractivity contribution < 1.29 is 0 Å². The van der Waals surface area contributed by atoms with Gasteiger partial charge < -0.3 is 10.3 Å². The molecular formula is C11H12N4OS. The second-order valence-electron chi connectivity index (χ2n) is 4.12. The number of hydrogen-bond acceptors (Lipinski definition) is 5. The normalized spacial score (nSPS) is 15.1. The van der Waals surface area contributed by atoms with Crippen LogP contribution in [0.2, 0.25) is 0 Å². The molecule has 1 aliphatic carbocycles. The zero-order valence-corrected chi connectivity index (χ0v) is 9.96. The zero-order chi connectivity index (χ0) is 11.7. The first-order valence-corrected chi connectivity index (χ1v) is 6.47. The van der Waals surface area contributed by atoms with E-state index < -0.39 is 0 Å². The summed E-state index contributed by atoms with van der Waals surface area (Å²) in [6.07, 6.45) is 4.05. The first-order chi connectivity index (χ1) is 8.33. The standard InChI is InChI=1S/C11H12N4OS/c16-11-7(3-12-8-1-2-8)4-13-10(15-11)9-5-17-6-14-9/h4-6,8,12H,1-3H2,(H,13,15,16). The lowest BCUT2D eigenvalue weighted by Gasteiger charge is -2.02. The minimum Gasteiger partial charge on any atom is -0.310 e. The van der Waals surface area contributed by atoms with Gasteiger partial charge in [-0.3, -0.25) is 4.79 Å². The van der Waals surface area contributed by atoms with E-state index in [1.807, 2.05) is 5.38 Å². The second-order valence-corrected chi connectivity index (χ2v) is 4.83. The van der Waals surface area contributed by atoms with Crippen molar-refractivity contribution in [3.05, 3.63) is 33.0 Å². The number of thiazole rings is 1. The van der Waals surface area contributed by atoms with E-state index in [2.05, 4.69) is 20.3 Å². The van der Waals surface area contributed by atoms with Crippen molar-refractivity contribution in [2.75, 3.05) is 0 Å². The van der Waals surface area contributed by atoms with Gasteiger partial charge in [0, 0.05) is 29.7 Å². The summed E-state index contributed by atoms with van der Waals surface area (Å²) < 4.78 is 0. The molecule has 0 aromatic carbocycles. The Bertz CT molecular complexity index is 559. The lowest BCUT2D eigenvalue weighted by atomic mass is 10.3. The Labute approximate surface area is 102 Å². The SMILES string of the molecule is O=c1[nH]c(-c2cscn2)ncc1CNC1CC1. The number of hydrogen-bond donors (Lipinski definition) is 2. The van der Waals surface area contributed by atoms with E-state index >= 15 is 0 Å². The van der Waals surface area contributed by atoms with Gasteiger partial charge in [0.05, 0.1) is 5.51 Å². The third kappa shape index (κ3) is 2.42. The van der Waals surface area contributed by atoms with E-state index in [1.165, 1.54) is 24.2 Å². The average Bonchev–Trinajstić information content (AvgIpc) is 3.00. The molecule has 17 heavy (non-hydrogen) atoms. The highest BCUT2D eigenvalue weighted by Crippen LogP contribution is 2.19. The van der Waals surface area contributed by atoms with E-state index in [9.17, 15) is 4.79 Å². The lowest BCUT2D eigenvalue weighted by molar-refractivity contribution is 0.679. The van der Waals surface area contributed by atoms with Crippen molar-refractivity contribution >= 4 is 11.3 Å². The van der Waals surface area contributed by atoms with Crippen LogP contribution in [0.3, 0.4) is 0 Å². The third-order valence-electron chi connectivity index (χ3n) is 2.71. The van der Waals surface area contributed by atoms with Gasteiger partial charge in [0.1, 0.15) is 5.69 Å². The molecule has 3 rings (SSSR count). The van der Waals surface area contributed by atoms with Crippen LogP contribution in [0, 0.1) is 0 Å². The van der Waals surface area contributed by atoms with Gasteiger partial charge in [0.15, 0.2) is 5.82 Å². The lowest BCUT2D eigenvalue weighted by Crippen LogP contribution is -2.23. The fraction of sp³-hybridized carbons (Fsp3) is 0.364. The first kappa shape index (κ1) is 10.6. The molecule has 6 heteroatoms. The molecule has 1 aliphatic rings. The van der Waals surface area contributed by atoms with Crippen LogP contribution >= 0.6 is 11.3 Å². The van der Waals surface area contributed by atoms with Gasteiger partial charge in [-0.2, -0.15) is 0 Å². The summed E-state index contributed by atoms with van der Waals surface area (Å²) in [4.78, 5) is 22.9. The monoisotopic (exact) mass is 248 g/mol. The summed E-state index contributed by atoms with van der Waals surface area (Å²) in [6, 6.07) is 0.590. The Morgan fingerprint density at radius 1 is 1.47 bits per heavy atom. The molecule has 0 radical (unpaired) electrons. The quantitative estimate of drug-likeness (QED) is 0.851. The predicted octanol–water partition coefficient (Wildman–Crippen LogP) is 1.15. The Morgan fingerprint density at radius 2 is 2.35 bits per heavy atom. The Morgan fingerprint density at radius 3 is 3.00 bits per heavy atom. The average molecular weight is 248 g/mol. The van der Waals surface area contributed by atoms with Crippen LogP contribution in [0.1, 0.15) is 18.4 Å². The molecule has 0 atom stereocenters. The molecule has 2 N–H and O–H groups in total. The zero-order valence-electron chi connectivity index (χ0n) is 9.14. The smallest absolute Gasteiger partial charge is 0.255 e. The van der Waals surface area contributed by atoms with Gasteiger partial charge in [-0.15, -0.1) is 11.3 Å². The van der Waals surface area contributed by atoms with Gasteiger partial charge in [-0.25, -0.2) is 9.97 Å². The number of nitrogens with zero attached hydrogens (tertiary/aromatic N) is 2. The van der Waals surface area contributed by atoms with Gasteiger partial charge in [0.25, 0.3) is 5.56 Å². The minimum absolute atomic E-state index is 0.0869. The minimum atomic E-state index is -0.0869. The summed E-state index contributed by atoms with van der Waals surface area (Å²) in [7, 11) is 0. The Hall–Kier alpha value is -1.53. The van der Waals surface area contributed by atoms with Crippen LogP contribution in [0.25, 0.3) is 11.5 Å². The molecule has 0 spiro atoms. The molecule has 0 amide bonds. The topological polar surface area (TPSA) is 70.7 Å². The molecule has 2 heterocycles. The van der Waals surface area contributed by atoms with Crippen LogP contribution in [-0.4, -0.2) is 21.0 Å². The molecule has 0 bridgehead atoms. The van der Waals surface area contributed by atoms with Crippen molar-refractivity contribution in [3.8, 4) is 11.5 Å². The molecule has 1 saturated carbocycles. The van der Waals surface area contributed by atoms with Gasteiger partial charge in [-0.1, -0.05) is 0 Å². The molecular weight excluding hydrogens is 236 g/mol. The first-order valence-electron chi connectivity index (χ1n) is 5.53. The van der Waals surface area contributed by atoms with Gasteiger partial charge in [0.2, 0.25) is 0 Å². The van der Waals surface area contributed by atoms with Crippen LogP contribution in [0.15, 0.2) is 21.9 Å². The van der Waals surface area contributed by atoms with Gasteiger partial charge >= 0.3 is 0 Å². The number of H-pyrrole nitrogens is 1. The molecule has 0 aliphatic heterocycles. The van der Waals surface area contributed by atoms with Crippen LogP contribution < -0.4 is 10.9 Å². The molecule has 2 aromatic rings. The van der Waals surface area contributed by atoms with Crippen molar-refractivity contribution in [1.82, 2.24) is 20.3 Å². The van der Waals surface area contributed by atoms with Crippen LogP contribution in [0.5, 0.6) is 0 Å². The van der Waals surface area contributed by atoms with E-state index in [1.54, 1.807) is 11.7 Å². The molecule has 0 unspecified atom stereocenters. The van der Waals surface area contributed by atoms with E-state index in [4.69, 9.17) is 0 Å². The van der Waals surface area contributed by atoms with E-state index in [0.717, 1.165) is 0 Å². The summed E-state index contributed by atoms with van der Waals surface area (Å²) in [6.45, 7) is 0.588. The van der Waals surface area contributed by atoms with Crippen molar-refractivity contribution in [2.45, 2.75) is 25.4 Å². The fourth-order valence-electron chi connectivity index (χ4n) is 1.55. The van der Waals surface area contributed by atoms with Gasteiger partial charge in [-0.05, 0) is 12.8 Å². The third-order valence-corrected chi connectivity index (χ3v) is 3.29. The fourth-order valence-corrected chi connectivity index (χ4v) is 2.09. The van der Waals surface area contributed by atoms with Crippen LogP contribution in [0.4, 0.5) is 0 Å². The Balaban J connectivity index is 1.80. The highest BCUT2D eigenvalue weighted by atomic mass is 32.1.